The van der Waals surface area contributed by atoms with Gasteiger partial charge in [0.05, 0.1) is 0 Å². The van der Waals surface area contributed by atoms with Crippen LogP contribution in [0, 0.1) is 5.92 Å². The van der Waals surface area contributed by atoms with E-state index in [0.717, 1.165) is 5.92 Å². The van der Waals surface area contributed by atoms with Crippen LogP contribution in [0.4, 0.5) is 0 Å². The van der Waals surface area contributed by atoms with E-state index >= 15 is 0 Å². The Hall–Kier alpha value is -0.590. The van der Waals surface area contributed by atoms with Gasteiger partial charge in [-0.05, 0) is 13.3 Å². The smallest absolute Gasteiger partial charge is 0.163 e. The molecule has 0 amide bonds. The number of hydrogen-bond acceptors (Lipinski definition) is 0. The second-order valence-corrected chi connectivity index (χ2v) is 3.41. The highest BCUT2D eigenvalue weighted by Gasteiger charge is 2.10. The van der Waals surface area contributed by atoms with Crippen molar-refractivity contribution in [3.8, 4) is 0 Å². The van der Waals surface area contributed by atoms with Crippen molar-refractivity contribution in [1.29, 1.82) is 0 Å². The standard InChI is InChI=1S/C9H16N/c1-8-4-5-10(3)7-9(2)6-8/h4-5,9H,6-7H2,1-3H3/q+1. The third kappa shape index (κ3) is 1.98. The van der Waals surface area contributed by atoms with E-state index in [9.17, 15) is 0 Å². The van der Waals surface area contributed by atoms with Gasteiger partial charge in [0.25, 0.3) is 0 Å². The molecule has 0 bridgehead atoms. The lowest BCUT2D eigenvalue weighted by Crippen LogP contribution is -2.13. The molecule has 0 N–H and O–H groups in total. The zero-order valence-electron chi connectivity index (χ0n) is 7.09. The van der Waals surface area contributed by atoms with Crippen LogP contribution in [-0.4, -0.2) is 24.4 Å². The molecule has 1 rings (SSSR count). The van der Waals surface area contributed by atoms with E-state index in [4.69, 9.17) is 0 Å². The minimum atomic E-state index is 0.806. The second-order valence-electron chi connectivity index (χ2n) is 3.41. The molecule has 0 radical (unpaired) electrons. The Morgan fingerprint density at radius 1 is 1.60 bits per heavy atom. The van der Waals surface area contributed by atoms with Crippen molar-refractivity contribution in [2.75, 3.05) is 13.6 Å². The van der Waals surface area contributed by atoms with Crippen LogP contribution in [0.25, 0.3) is 0 Å². The molecular weight excluding hydrogens is 122 g/mol. The van der Waals surface area contributed by atoms with Gasteiger partial charge in [-0.3, -0.25) is 0 Å². The summed E-state index contributed by atoms with van der Waals surface area (Å²) in [6.45, 7) is 5.69. The van der Waals surface area contributed by atoms with Crippen molar-refractivity contribution >= 4 is 6.21 Å². The van der Waals surface area contributed by atoms with E-state index in [1.807, 2.05) is 0 Å². The van der Waals surface area contributed by atoms with Gasteiger partial charge >= 0.3 is 0 Å². The molecule has 1 unspecified atom stereocenters. The molecule has 10 heavy (non-hydrogen) atoms. The largest absolute Gasteiger partial charge is 0.238 e. The van der Waals surface area contributed by atoms with E-state index in [1.165, 1.54) is 18.5 Å². The molecule has 0 aliphatic carbocycles. The fourth-order valence-corrected chi connectivity index (χ4v) is 1.49. The van der Waals surface area contributed by atoms with Gasteiger partial charge in [-0.15, -0.1) is 0 Å². The number of nitrogens with zero attached hydrogens (tertiary/aromatic N) is 1. The maximum atomic E-state index is 2.30. The van der Waals surface area contributed by atoms with Gasteiger partial charge in [0, 0.05) is 12.0 Å². The molecule has 1 heteroatoms. The Kier molecular flexibility index (Phi) is 2.25. The van der Waals surface area contributed by atoms with Gasteiger partial charge in [0.15, 0.2) is 6.21 Å². The van der Waals surface area contributed by atoms with E-state index in [0.29, 0.717) is 0 Å². The highest BCUT2D eigenvalue weighted by molar-refractivity contribution is 5.67. The molecule has 56 valence electrons. The van der Waals surface area contributed by atoms with E-state index < -0.39 is 0 Å². The van der Waals surface area contributed by atoms with E-state index in [1.54, 1.807) is 0 Å². The van der Waals surface area contributed by atoms with Crippen LogP contribution < -0.4 is 0 Å². The lowest BCUT2D eigenvalue weighted by molar-refractivity contribution is -0.498. The monoisotopic (exact) mass is 138 g/mol. The summed E-state index contributed by atoms with van der Waals surface area (Å²) in [5, 5.41) is 0. The van der Waals surface area contributed by atoms with Gasteiger partial charge < -0.3 is 0 Å². The van der Waals surface area contributed by atoms with Crippen molar-refractivity contribution < 1.29 is 4.58 Å². The number of allylic oxidation sites excluding steroid dienone is 2. The lowest BCUT2D eigenvalue weighted by Gasteiger charge is -2.04. The van der Waals surface area contributed by atoms with Crippen molar-refractivity contribution in [3.05, 3.63) is 11.6 Å². The van der Waals surface area contributed by atoms with E-state index in [-0.39, 0.29) is 0 Å². The first-order valence-corrected chi connectivity index (χ1v) is 3.89. The van der Waals surface area contributed by atoms with Crippen molar-refractivity contribution in [2.24, 2.45) is 5.92 Å². The summed E-state index contributed by atoms with van der Waals surface area (Å²) in [5.41, 5.74) is 1.50. The average molecular weight is 138 g/mol. The van der Waals surface area contributed by atoms with Crippen LogP contribution in [0.3, 0.4) is 0 Å². The number of rotatable bonds is 0. The Labute approximate surface area is 63.1 Å². The summed E-state index contributed by atoms with van der Waals surface area (Å²) in [5.74, 6) is 0.806. The first-order chi connectivity index (χ1) is 4.68. The zero-order chi connectivity index (χ0) is 7.56. The second kappa shape index (κ2) is 3.00. The predicted octanol–water partition coefficient (Wildman–Crippen LogP) is 1.69. The van der Waals surface area contributed by atoms with Crippen LogP contribution in [0.1, 0.15) is 20.3 Å². The van der Waals surface area contributed by atoms with Gasteiger partial charge in [-0.25, -0.2) is 4.58 Å². The van der Waals surface area contributed by atoms with Crippen LogP contribution in [0.5, 0.6) is 0 Å². The summed E-state index contributed by atoms with van der Waals surface area (Å²) in [4.78, 5) is 0. The summed E-state index contributed by atoms with van der Waals surface area (Å²) in [6, 6.07) is 0. The maximum absolute atomic E-state index is 2.30. The van der Waals surface area contributed by atoms with Gasteiger partial charge in [0.1, 0.15) is 13.6 Å². The van der Waals surface area contributed by atoms with Gasteiger partial charge in [-0.1, -0.05) is 12.5 Å². The highest BCUT2D eigenvalue weighted by Crippen LogP contribution is 2.11. The molecule has 0 aromatic heterocycles. The number of hydrogen-bond donors (Lipinski definition) is 0. The average Bonchev–Trinajstić information content (AvgIpc) is 1.93. The molecule has 0 aromatic rings. The third-order valence-corrected chi connectivity index (χ3v) is 1.88. The molecule has 1 aliphatic rings. The summed E-state index contributed by atoms with van der Waals surface area (Å²) >= 11 is 0. The van der Waals surface area contributed by atoms with Gasteiger partial charge in [-0.2, -0.15) is 0 Å². The van der Waals surface area contributed by atoms with Crippen LogP contribution in [0.2, 0.25) is 0 Å². The minimum Gasteiger partial charge on any atom is -0.238 e. The summed E-state index contributed by atoms with van der Waals surface area (Å²) in [6.07, 6.45) is 5.63. The van der Waals surface area contributed by atoms with E-state index in [2.05, 4.69) is 37.8 Å². The zero-order valence-corrected chi connectivity index (χ0v) is 7.09. The molecule has 1 nitrogen and oxygen atoms in total. The third-order valence-electron chi connectivity index (χ3n) is 1.88. The first-order valence-electron chi connectivity index (χ1n) is 3.89. The minimum absolute atomic E-state index is 0.806. The molecule has 1 atom stereocenters. The molecular formula is C9H16N+. The summed E-state index contributed by atoms with van der Waals surface area (Å²) in [7, 11) is 2.13. The first kappa shape index (κ1) is 7.52. The lowest BCUT2D eigenvalue weighted by atomic mass is 10.0. The molecule has 1 heterocycles. The fourth-order valence-electron chi connectivity index (χ4n) is 1.49. The van der Waals surface area contributed by atoms with Crippen LogP contribution >= 0.6 is 0 Å². The van der Waals surface area contributed by atoms with Crippen LogP contribution in [-0.2, 0) is 0 Å². The van der Waals surface area contributed by atoms with Crippen molar-refractivity contribution in [2.45, 2.75) is 20.3 Å². The molecule has 0 spiro atoms. The normalized spacial score (nSPS) is 26.9. The molecule has 1 aliphatic heterocycles. The van der Waals surface area contributed by atoms with Gasteiger partial charge in [0.2, 0.25) is 0 Å². The van der Waals surface area contributed by atoms with Crippen molar-refractivity contribution in [1.82, 2.24) is 0 Å². The molecule has 0 fully saturated rings. The highest BCUT2D eigenvalue weighted by atomic mass is 15.0. The molecule has 0 saturated carbocycles. The van der Waals surface area contributed by atoms with Crippen molar-refractivity contribution in [3.63, 3.8) is 0 Å². The Balaban J connectivity index is 2.70. The summed E-state index contributed by atoms with van der Waals surface area (Å²) < 4.78 is 2.25. The molecule has 0 aromatic carbocycles. The van der Waals surface area contributed by atoms with Crippen LogP contribution in [0.15, 0.2) is 11.6 Å². The quantitative estimate of drug-likeness (QED) is 0.448. The SMILES string of the molecule is CC1=CC=[N+](C)CC(C)C1. The fraction of sp³-hybridized carbons (Fsp3) is 0.667. The Morgan fingerprint density at radius 3 is 3.00 bits per heavy atom. The predicted molar refractivity (Wildman–Crippen MR) is 44.7 cm³/mol. The molecule has 0 saturated heterocycles. The topological polar surface area (TPSA) is 3.01 Å². The maximum Gasteiger partial charge on any atom is 0.163 e. The Morgan fingerprint density at radius 2 is 2.30 bits per heavy atom. The Bertz CT molecular complexity index is 157.